The molecular formula is C17H21N7. The first kappa shape index (κ1) is 15.9. The van der Waals surface area contributed by atoms with Gasteiger partial charge in [-0.15, -0.1) is 0 Å². The van der Waals surface area contributed by atoms with E-state index in [1.807, 2.05) is 25.1 Å². The molecule has 0 atom stereocenters. The maximum Gasteiger partial charge on any atom is 0.222 e. The van der Waals surface area contributed by atoms with Gasteiger partial charge in [0.25, 0.3) is 0 Å². The highest BCUT2D eigenvalue weighted by molar-refractivity contribution is 5.68. The second kappa shape index (κ2) is 6.66. The molecule has 0 fully saturated rings. The normalized spacial score (nSPS) is 10.8. The van der Waals surface area contributed by atoms with Crippen LogP contribution in [0.2, 0.25) is 0 Å². The fourth-order valence-corrected chi connectivity index (χ4v) is 2.53. The molecule has 24 heavy (non-hydrogen) atoms. The Hall–Kier alpha value is -2.96. The lowest BCUT2D eigenvalue weighted by molar-refractivity contribution is 0.896. The summed E-state index contributed by atoms with van der Waals surface area (Å²) in [7, 11) is 0. The summed E-state index contributed by atoms with van der Waals surface area (Å²) >= 11 is 0. The third-order valence-corrected chi connectivity index (χ3v) is 3.92. The summed E-state index contributed by atoms with van der Waals surface area (Å²) in [5.74, 6) is 2.54. The minimum absolute atomic E-state index is 0.254. The van der Waals surface area contributed by atoms with Gasteiger partial charge in [0.1, 0.15) is 11.6 Å². The number of H-pyrrole nitrogens is 1. The highest BCUT2D eigenvalue weighted by atomic mass is 15.2. The number of aromatic amines is 1. The molecular weight excluding hydrogens is 302 g/mol. The summed E-state index contributed by atoms with van der Waals surface area (Å²) in [5.41, 5.74) is 10.2. The number of aryl methyl sites for hydroxylation is 2. The maximum absolute atomic E-state index is 5.88. The number of hydrogen-bond acceptors (Lipinski definition) is 6. The molecule has 0 amide bonds. The van der Waals surface area contributed by atoms with Gasteiger partial charge in [0.15, 0.2) is 5.82 Å². The fourth-order valence-electron chi connectivity index (χ4n) is 2.53. The van der Waals surface area contributed by atoms with E-state index >= 15 is 0 Å². The van der Waals surface area contributed by atoms with Crippen LogP contribution in [0, 0.1) is 20.8 Å². The van der Waals surface area contributed by atoms with Crippen molar-refractivity contribution in [2.45, 2.75) is 27.2 Å². The van der Waals surface area contributed by atoms with Gasteiger partial charge < -0.3 is 11.1 Å². The van der Waals surface area contributed by atoms with Crippen LogP contribution in [0.4, 0.5) is 11.8 Å². The highest BCUT2D eigenvalue weighted by Crippen LogP contribution is 2.25. The molecule has 124 valence electrons. The second-order valence-corrected chi connectivity index (χ2v) is 5.76. The summed E-state index contributed by atoms with van der Waals surface area (Å²) in [6, 6.07) is 8.07. The smallest absolute Gasteiger partial charge is 0.222 e. The Bertz CT molecular complexity index is 854. The van der Waals surface area contributed by atoms with Crippen molar-refractivity contribution in [1.29, 1.82) is 0 Å². The van der Waals surface area contributed by atoms with Gasteiger partial charge in [-0.2, -0.15) is 10.1 Å². The van der Waals surface area contributed by atoms with Gasteiger partial charge >= 0.3 is 0 Å². The van der Waals surface area contributed by atoms with E-state index in [0.717, 1.165) is 22.9 Å². The molecule has 0 saturated carbocycles. The predicted octanol–water partition coefficient (Wildman–Crippen LogP) is 2.42. The van der Waals surface area contributed by atoms with Crippen LogP contribution in [-0.4, -0.2) is 31.7 Å². The largest absolute Gasteiger partial charge is 0.369 e. The zero-order chi connectivity index (χ0) is 17.1. The summed E-state index contributed by atoms with van der Waals surface area (Å²) in [5, 5.41) is 10.2. The van der Waals surface area contributed by atoms with Crippen molar-refractivity contribution >= 4 is 11.8 Å². The Morgan fingerprint density at radius 2 is 1.96 bits per heavy atom. The zero-order valence-electron chi connectivity index (χ0n) is 14.1. The van der Waals surface area contributed by atoms with Crippen molar-refractivity contribution in [2.75, 3.05) is 17.6 Å². The van der Waals surface area contributed by atoms with Crippen LogP contribution >= 0.6 is 0 Å². The quantitative estimate of drug-likeness (QED) is 0.666. The first-order valence-corrected chi connectivity index (χ1v) is 7.86. The van der Waals surface area contributed by atoms with Gasteiger partial charge in [-0.25, -0.2) is 9.97 Å². The van der Waals surface area contributed by atoms with Crippen molar-refractivity contribution in [3.63, 3.8) is 0 Å². The number of nitrogen functional groups attached to an aromatic ring is 1. The van der Waals surface area contributed by atoms with Gasteiger partial charge in [0, 0.05) is 24.6 Å². The Labute approximate surface area is 140 Å². The van der Waals surface area contributed by atoms with E-state index in [4.69, 9.17) is 5.73 Å². The van der Waals surface area contributed by atoms with Gasteiger partial charge in [0.05, 0.1) is 5.69 Å². The minimum Gasteiger partial charge on any atom is -0.369 e. The Morgan fingerprint density at radius 3 is 2.71 bits per heavy atom. The number of nitrogens with two attached hydrogens (primary N) is 1. The highest BCUT2D eigenvalue weighted by Gasteiger charge is 2.09. The van der Waals surface area contributed by atoms with Crippen LogP contribution in [0.25, 0.3) is 11.3 Å². The number of benzene rings is 1. The van der Waals surface area contributed by atoms with Gasteiger partial charge in [-0.05, 0) is 31.9 Å². The minimum atomic E-state index is 0.254. The molecule has 7 heteroatoms. The van der Waals surface area contributed by atoms with Crippen LogP contribution in [-0.2, 0) is 6.42 Å². The molecule has 0 saturated heterocycles. The molecule has 3 rings (SSSR count). The number of anilines is 2. The first-order valence-electron chi connectivity index (χ1n) is 7.86. The van der Waals surface area contributed by atoms with Crippen LogP contribution in [0.3, 0.4) is 0 Å². The molecule has 0 unspecified atom stereocenters. The molecule has 0 aliphatic carbocycles. The van der Waals surface area contributed by atoms with Crippen molar-refractivity contribution in [3.8, 4) is 11.3 Å². The summed E-state index contributed by atoms with van der Waals surface area (Å²) in [6.45, 7) is 6.72. The van der Waals surface area contributed by atoms with E-state index in [9.17, 15) is 0 Å². The SMILES string of the molecule is Cc1nc(CCNc2cc(-c3cccc(C)c3C)nc(N)n2)n[nH]1. The standard InChI is InChI=1S/C17H21N7/c1-10-5-4-6-13(11(10)2)14-9-16(22-17(18)21-14)19-8-7-15-20-12(3)23-24-15/h4-6,9H,7-8H2,1-3H3,(H,20,23,24)(H3,18,19,21,22). The predicted molar refractivity (Wildman–Crippen MR) is 94.7 cm³/mol. The number of hydrogen-bond donors (Lipinski definition) is 3. The monoisotopic (exact) mass is 323 g/mol. The number of nitrogens with zero attached hydrogens (tertiary/aromatic N) is 4. The Balaban J connectivity index is 1.77. The van der Waals surface area contributed by atoms with Crippen molar-refractivity contribution < 1.29 is 0 Å². The number of rotatable bonds is 5. The number of nitrogens with one attached hydrogen (secondary N) is 2. The Morgan fingerprint density at radius 1 is 1.12 bits per heavy atom. The van der Waals surface area contributed by atoms with Gasteiger partial charge in [-0.3, -0.25) is 5.10 Å². The molecule has 0 radical (unpaired) electrons. The molecule has 0 bridgehead atoms. The van der Waals surface area contributed by atoms with Crippen LogP contribution in [0.1, 0.15) is 22.8 Å². The van der Waals surface area contributed by atoms with Gasteiger partial charge in [-0.1, -0.05) is 18.2 Å². The van der Waals surface area contributed by atoms with E-state index in [1.54, 1.807) is 0 Å². The molecule has 4 N–H and O–H groups in total. The van der Waals surface area contributed by atoms with Crippen molar-refractivity contribution in [3.05, 3.63) is 47.0 Å². The molecule has 2 heterocycles. The lowest BCUT2D eigenvalue weighted by atomic mass is 10.0. The third-order valence-electron chi connectivity index (χ3n) is 3.92. The van der Waals surface area contributed by atoms with Gasteiger partial charge in [0.2, 0.25) is 5.95 Å². The topological polar surface area (TPSA) is 105 Å². The molecule has 0 aliphatic rings. The molecule has 0 aliphatic heterocycles. The molecule has 1 aromatic carbocycles. The zero-order valence-corrected chi connectivity index (χ0v) is 14.1. The fraction of sp³-hybridized carbons (Fsp3) is 0.294. The lowest BCUT2D eigenvalue weighted by Crippen LogP contribution is -2.09. The molecule has 3 aromatic rings. The summed E-state index contributed by atoms with van der Waals surface area (Å²) < 4.78 is 0. The summed E-state index contributed by atoms with van der Waals surface area (Å²) in [6.07, 6.45) is 0.701. The van der Waals surface area contributed by atoms with E-state index < -0.39 is 0 Å². The molecule has 2 aromatic heterocycles. The molecule has 0 spiro atoms. The van der Waals surface area contributed by atoms with E-state index in [0.29, 0.717) is 18.8 Å². The average molecular weight is 323 g/mol. The second-order valence-electron chi connectivity index (χ2n) is 5.76. The van der Waals surface area contributed by atoms with E-state index in [1.165, 1.54) is 11.1 Å². The lowest BCUT2D eigenvalue weighted by Gasteiger charge is -2.11. The Kier molecular flexibility index (Phi) is 4.41. The summed E-state index contributed by atoms with van der Waals surface area (Å²) in [4.78, 5) is 12.9. The van der Waals surface area contributed by atoms with E-state index in [-0.39, 0.29) is 5.95 Å². The van der Waals surface area contributed by atoms with Crippen LogP contribution in [0.15, 0.2) is 24.3 Å². The van der Waals surface area contributed by atoms with Crippen LogP contribution < -0.4 is 11.1 Å². The average Bonchev–Trinajstić information content (AvgIpc) is 2.95. The van der Waals surface area contributed by atoms with Crippen LogP contribution in [0.5, 0.6) is 0 Å². The van der Waals surface area contributed by atoms with Crippen molar-refractivity contribution in [1.82, 2.24) is 25.1 Å². The van der Waals surface area contributed by atoms with E-state index in [2.05, 4.69) is 50.4 Å². The molecule has 7 nitrogen and oxygen atoms in total. The third kappa shape index (κ3) is 3.51. The van der Waals surface area contributed by atoms with Crippen molar-refractivity contribution in [2.24, 2.45) is 0 Å². The number of aromatic nitrogens is 5. The first-order chi connectivity index (χ1) is 11.5. The maximum atomic E-state index is 5.88.